The van der Waals surface area contributed by atoms with Crippen molar-refractivity contribution in [3.63, 3.8) is 0 Å². The summed E-state index contributed by atoms with van der Waals surface area (Å²) in [5.41, 5.74) is 5.16. The largest absolute Gasteiger partial charge is 0.468 e. The predicted octanol–water partition coefficient (Wildman–Crippen LogP) is 4.06. The molecule has 2 unspecified atom stereocenters. The number of nitrogens with one attached hydrogen (secondary N) is 2. The van der Waals surface area contributed by atoms with Crippen LogP contribution in [0, 0.1) is 0 Å². The van der Waals surface area contributed by atoms with E-state index in [1.165, 1.54) is 7.11 Å². The van der Waals surface area contributed by atoms with Crippen molar-refractivity contribution in [2.24, 2.45) is 0 Å². The van der Waals surface area contributed by atoms with Crippen LogP contribution in [0.1, 0.15) is 34.5 Å². The quantitative estimate of drug-likeness (QED) is 0.419. The van der Waals surface area contributed by atoms with E-state index in [1.807, 2.05) is 72.8 Å². The third kappa shape index (κ3) is 3.85. The van der Waals surface area contributed by atoms with Gasteiger partial charge in [-0.05, 0) is 30.2 Å². The van der Waals surface area contributed by atoms with E-state index in [4.69, 9.17) is 0 Å². The smallest absolute Gasteiger partial charge is 0.325 e. The monoisotopic (exact) mass is 467 g/mol. The van der Waals surface area contributed by atoms with Crippen molar-refractivity contribution in [1.82, 2.24) is 15.2 Å². The van der Waals surface area contributed by atoms with Gasteiger partial charge < -0.3 is 19.9 Å². The molecule has 4 aromatic rings. The Hall–Kier alpha value is -4.39. The van der Waals surface area contributed by atoms with Crippen molar-refractivity contribution in [3.05, 3.63) is 95.6 Å². The first-order chi connectivity index (χ1) is 17.0. The van der Waals surface area contributed by atoms with E-state index in [0.29, 0.717) is 5.56 Å². The van der Waals surface area contributed by atoms with Gasteiger partial charge in [0.1, 0.15) is 12.6 Å². The number of carbonyl (C=O) groups excluding carboxylic acids is 3. The number of H-pyrrole nitrogens is 1. The van der Waals surface area contributed by atoms with Crippen molar-refractivity contribution in [2.75, 3.05) is 13.7 Å². The van der Waals surface area contributed by atoms with Gasteiger partial charge in [0.05, 0.1) is 18.8 Å². The summed E-state index contributed by atoms with van der Waals surface area (Å²) in [6.45, 7) is 1.42. The molecule has 7 nitrogen and oxygen atoms in total. The number of hydrogen-bond donors (Lipinski definition) is 2. The number of esters is 1. The van der Waals surface area contributed by atoms with E-state index in [0.717, 1.165) is 33.3 Å². The Kier molecular flexibility index (Phi) is 5.82. The fraction of sp³-hybridized carbons (Fsp3) is 0.179. The number of methoxy groups -OCH3 is 1. The summed E-state index contributed by atoms with van der Waals surface area (Å²) in [7, 11) is 1.26. The molecule has 0 radical (unpaired) electrons. The summed E-state index contributed by atoms with van der Waals surface area (Å²) in [5.74, 6) is -1.21. The number of ether oxygens (including phenoxy) is 1. The van der Waals surface area contributed by atoms with E-state index >= 15 is 0 Å². The van der Waals surface area contributed by atoms with Gasteiger partial charge in [-0.2, -0.15) is 0 Å². The maximum absolute atomic E-state index is 13.7. The Morgan fingerprint density at radius 3 is 2.46 bits per heavy atom. The van der Waals surface area contributed by atoms with Crippen LogP contribution < -0.4 is 5.32 Å². The summed E-state index contributed by atoms with van der Waals surface area (Å²) in [6.07, 6.45) is 0. The van der Waals surface area contributed by atoms with Gasteiger partial charge in [-0.15, -0.1) is 0 Å². The van der Waals surface area contributed by atoms with Crippen molar-refractivity contribution >= 4 is 28.7 Å². The summed E-state index contributed by atoms with van der Waals surface area (Å²) >= 11 is 0. The van der Waals surface area contributed by atoms with Gasteiger partial charge in [0.15, 0.2) is 0 Å². The van der Waals surface area contributed by atoms with Crippen LogP contribution in [-0.2, 0) is 14.3 Å². The molecule has 3 aromatic carbocycles. The highest BCUT2D eigenvalue weighted by Gasteiger charge is 2.44. The van der Waals surface area contributed by atoms with Crippen LogP contribution in [0.2, 0.25) is 0 Å². The third-order valence-corrected chi connectivity index (χ3v) is 6.51. The van der Waals surface area contributed by atoms with Gasteiger partial charge in [-0.3, -0.25) is 14.4 Å². The van der Waals surface area contributed by atoms with Crippen LogP contribution in [0.15, 0.2) is 78.9 Å². The number of hydrogen-bond acceptors (Lipinski definition) is 4. The SMILES string of the molecule is COC(=O)CNC(=O)C(C)N1C(=O)c2ccccc2C1c1c(-c2ccccc2)[nH]c2ccccc12. The van der Waals surface area contributed by atoms with Gasteiger partial charge in [-0.25, -0.2) is 0 Å². The van der Waals surface area contributed by atoms with Crippen molar-refractivity contribution in [2.45, 2.75) is 19.0 Å². The first-order valence-corrected chi connectivity index (χ1v) is 11.4. The zero-order valence-electron chi connectivity index (χ0n) is 19.4. The normalized spacial score (nSPS) is 15.7. The Bertz CT molecular complexity index is 1430. The highest BCUT2D eigenvalue weighted by molar-refractivity contribution is 6.04. The molecule has 2 N–H and O–H groups in total. The number of aromatic amines is 1. The van der Waals surface area contributed by atoms with Crippen LogP contribution in [-0.4, -0.2) is 47.4 Å². The summed E-state index contributed by atoms with van der Waals surface area (Å²) in [5, 5.41) is 3.57. The highest BCUT2D eigenvalue weighted by atomic mass is 16.5. The van der Waals surface area contributed by atoms with Crippen LogP contribution in [0.5, 0.6) is 0 Å². The van der Waals surface area contributed by atoms with E-state index < -0.39 is 24.0 Å². The maximum atomic E-state index is 13.7. The maximum Gasteiger partial charge on any atom is 0.325 e. The minimum Gasteiger partial charge on any atom is -0.468 e. The van der Waals surface area contributed by atoms with E-state index in [1.54, 1.807) is 17.9 Å². The lowest BCUT2D eigenvalue weighted by molar-refractivity contribution is -0.141. The zero-order valence-corrected chi connectivity index (χ0v) is 19.4. The minimum absolute atomic E-state index is 0.226. The second-order valence-corrected chi connectivity index (χ2v) is 8.50. The number of rotatable bonds is 6. The van der Waals surface area contributed by atoms with E-state index in [9.17, 15) is 14.4 Å². The molecular weight excluding hydrogens is 442 g/mol. The number of nitrogens with zero attached hydrogens (tertiary/aromatic N) is 1. The molecule has 0 aliphatic carbocycles. The molecule has 7 heteroatoms. The molecule has 0 fully saturated rings. The Balaban J connectivity index is 1.68. The summed E-state index contributed by atoms with van der Waals surface area (Å²) in [6, 6.07) is 24.0. The van der Waals surface area contributed by atoms with Gasteiger partial charge in [0.2, 0.25) is 5.91 Å². The predicted molar refractivity (Wildman–Crippen MR) is 133 cm³/mol. The lowest BCUT2D eigenvalue weighted by atomic mass is 9.92. The lowest BCUT2D eigenvalue weighted by Gasteiger charge is -2.31. The average Bonchev–Trinajstić information content (AvgIpc) is 3.42. The highest BCUT2D eigenvalue weighted by Crippen LogP contribution is 2.46. The molecule has 0 saturated carbocycles. The molecule has 176 valence electrons. The molecule has 2 amide bonds. The fourth-order valence-corrected chi connectivity index (χ4v) is 4.82. The molecule has 2 heterocycles. The van der Waals surface area contributed by atoms with Crippen molar-refractivity contribution in [1.29, 1.82) is 0 Å². The number of para-hydroxylation sites is 1. The Morgan fingerprint density at radius 1 is 1.00 bits per heavy atom. The summed E-state index contributed by atoms with van der Waals surface area (Å²) < 4.78 is 4.63. The van der Waals surface area contributed by atoms with Crippen LogP contribution in [0.25, 0.3) is 22.2 Å². The van der Waals surface area contributed by atoms with Gasteiger partial charge in [0.25, 0.3) is 5.91 Å². The molecular formula is C28H25N3O4. The van der Waals surface area contributed by atoms with E-state index in [-0.39, 0.29) is 12.5 Å². The van der Waals surface area contributed by atoms with Gasteiger partial charge in [-0.1, -0.05) is 66.7 Å². The topological polar surface area (TPSA) is 91.5 Å². The number of benzene rings is 3. The zero-order chi connectivity index (χ0) is 24.5. The standard InChI is InChI=1S/C28H25N3O4/c1-17(27(33)29-16-23(32)35-2)31-26(19-12-6-7-13-20(19)28(31)34)24-21-14-8-9-15-22(21)30-25(24)18-10-4-3-5-11-18/h3-15,17,26,30H,16H2,1-2H3,(H,29,33). The van der Waals surface area contributed by atoms with Crippen molar-refractivity contribution in [3.8, 4) is 11.3 Å². The molecule has 35 heavy (non-hydrogen) atoms. The minimum atomic E-state index is -0.832. The molecule has 1 aliphatic heterocycles. The molecule has 0 spiro atoms. The van der Waals surface area contributed by atoms with Crippen LogP contribution in [0.3, 0.4) is 0 Å². The van der Waals surface area contributed by atoms with Crippen molar-refractivity contribution < 1.29 is 19.1 Å². The molecule has 0 saturated heterocycles. The van der Waals surface area contributed by atoms with Crippen LogP contribution in [0.4, 0.5) is 0 Å². The van der Waals surface area contributed by atoms with Gasteiger partial charge >= 0.3 is 5.97 Å². The second kappa shape index (κ2) is 9.10. The Labute approximate surface area is 202 Å². The molecule has 0 bridgehead atoms. The number of amides is 2. The number of carbonyl (C=O) groups is 3. The third-order valence-electron chi connectivity index (χ3n) is 6.51. The number of fused-ring (bicyclic) bond motifs is 2. The first kappa shape index (κ1) is 22.4. The molecule has 1 aromatic heterocycles. The fourth-order valence-electron chi connectivity index (χ4n) is 4.82. The Morgan fingerprint density at radius 2 is 1.69 bits per heavy atom. The van der Waals surface area contributed by atoms with Gasteiger partial charge in [0, 0.05) is 22.0 Å². The van der Waals surface area contributed by atoms with Crippen LogP contribution >= 0.6 is 0 Å². The first-order valence-electron chi connectivity index (χ1n) is 11.4. The van der Waals surface area contributed by atoms with E-state index in [2.05, 4.69) is 15.0 Å². The average molecular weight is 468 g/mol. The number of aromatic nitrogens is 1. The molecule has 5 rings (SSSR count). The summed E-state index contributed by atoms with van der Waals surface area (Å²) in [4.78, 5) is 43.5. The molecule has 1 aliphatic rings. The molecule has 2 atom stereocenters. The second-order valence-electron chi connectivity index (χ2n) is 8.50. The lowest BCUT2D eigenvalue weighted by Crippen LogP contribution is -2.48.